The summed E-state index contributed by atoms with van der Waals surface area (Å²) >= 11 is 4.33. The summed E-state index contributed by atoms with van der Waals surface area (Å²) in [5.41, 5.74) is 0. The SMILES string of the molecule is CCC(C)N(SS)C1CCCC1. The van der Waals surface area contributed by atoms with E-state index in [1.807, 2.05) is 0 Å². The molecule has 1 aliphatic carbocycles. The van der Waals surface area contributed by atoms with E-state index < -0.39 is 0 Å². The summed E-state index contributed by atoms with van der Waals surface area (Å²) in [7, 11) is 1.63. The van der Waals surface area contributed by atoms with Crippen molar-refractivity contribution in [1.82, 2.24) is 4.31 Å². The van der Waals surface area contributed by atoms with Crippen LogP contribution in [0.4, 0.5) is 0 Å². The summed E-state index contributed by atoms with van der Waals surface area (Å²) < 4.78 is 2.47. The number of hydrogen-bond acceptors (Lipinski definition) is 3. The van der Waals surface area contributed by atoms with Crippen LogP contribution in [0.2, 0.25) is 0 Å². The summed E-state index contributed by atoms with van der Waals surface area (Å²) in [6, 6.07) is 1.47. The zero-order chi connectivity index (χ0) is 8.97. The van der Waals surface area contributed by atoms with Crippen molar-refractivity contribution in [2.75, 3.05) is 0 Å². The van der Waals surface area contributed by atoms with Gasteiger partial charge in [-0.3, -0.25) is 0 Å². The zero-order valence-electron chi connectivity index (χ0n) is 7.99. The lowest BCUT2D eigenvalue weighted by Crippen LogP contribution is -2.33. The molecule has 0 spiro atoms. The van der Waals surface area contributed by atoms with Gasteiger partial charge in [0.2, 0.25) is 0 Å². The van der Waals surface area contributed by atoms with Crippen molar-refractivity contribution in [3.63, 3.8) is 0 Å². The van der Waals surface area contributed by atoms with Crippen LogP contribution in [0.25, 0.3) is 0 Å². The average Bonchev–Trinajstić information content (AvgIpc) is 2.58. The topological polar surface area (TPSA) is 3.24 Å². The Kier molecular flexibility index (Phi) is 4.84. The predicted octanol–water partition coefficient (Wildman–Crippen LogP) is 3.52. The van der Waals surface area contributed by atoms with Crippen LogP contribution in [0.5, 0.6) is 0 Å². The van der Waals surface area contributed by atoms with E-state index in [-0.39, 0.29) is 0 Å². The Hall–Kier alpha value is 0.660. The summed E-state index contributed by atoms with van der Waals surface area (Å²) in [5, 5.41) is 0. The fourth-order valence-electron chi connectivity index (χ4n) is 1.85. The molecule has 1 saturated carbocycles. The standard InChI is InChI=1S/C9H19NS2/c1-3-8(2)10(12-11)9-6-4-5-7-9/h8-9,11H,3-7H2,1-2H3. The summed E-state index contributed by atoms with van der Waals surface area (Å²) in [4.78, 5) is 0. The van der Waals surface area contributed by atoms with Crippen molar-refractivity contribution in [3.05, 3.63) is 0 Å². The molecule has 72 valence electrons. The number of nitrogens with zero attached hydrogens (tertiary/aromatic N) is 1. The van der Waals surface area contributed by atoms with Crippen LogP contribution < -0.4 is 0 Å². The Labute approximate surface area is 85.2 Å². The first kappa shape index (κ1) is 10.7. The molecular formula is C9H19NS2. The third-order valence-corrected chi connectivity index (χ3v) is 4.22. The van der Waals surface area contributed by atoms with E-state index in [0.717, 1.165) is 6.04 Å². The minimum Gasteiger partial charge on any atom is -0.236 e. The Bertz CT molecular complexity index is 124. The van der Waals surface area contributed by atoms with Gasteiger partial charge in [0, 0.05) is 12.1 Å². The number of hydrogen-bond donors (Lipinski definition) is 1. The lowest BCUT2D eigenvalue weighted by atomic mass is 10.2. The molecule has 1 aliphatic rings. The van der Waals surface area contributed by atoms with Gasteiger partial charge in [0.15, 0.2) is 0 Å². The molecule has 1 rings (SSSR count). The van der Waals surface area contributed by atoms with Gasteiger partial charge < -0.3 is 0 Å². The normalized spacial score (nSPS) is 22.0. The van der Waals surface area contributed by atoms with Gasteiger partial charge >= 0.3 is 0 Å². The second-order valence-electron chi connectivity index (χ2n) is 3.64. The summed E-state index contributed by atoms with van der Waals surface area (Å²) in [6.07, 6.45) is 6.79. The number of thiol groups is 1. The van der Waals surface area contributed by atoms with Gasteiger partial charge in [-0.1, -0.05) is 31.4 Å². The first-order valence-corrected chi connectivity index (χ1v) is 6.72. The van der Waals surface area contributed by atoms with Crippen LogP contribution in [0, 0.1) is 0 Å². The summed E-state index contributed by atoms with van der Waals surface area (Å²) in [6.45, 7) is 4.54. The highest BCUT2D eigenvalue weighted by Crippen LogP contribution is 2.32. The molecule has 0 aromatic carbocycles. The second kappa shape index (κ2) is 5.40. The highest BCUT2D eigenvalue weighted by Gasteiger charge is 2.25. The summed E-state index contributed by atoms with van der Waals surface area (Å²) in [5.74, 6) is 0. The molecule has 0 amide bonds. The van der Waals surface area contributed by atoms with Gasteiger partial charge in [-0.2, -0.15) is 0 Å². The van der Waals surface area contributed by atoms with Crippen LogP contribution >= 0.6 is 22.6 Å². The Morgan fingerprint density at radius 2 is 2.08 bits per heavy atom. The fraction of sp³-hybridized carbons (Fsp3) is 1.00. The van der Waals surface area contributed by atoms with Crippen LogP contribution in [0.3, 0.4) is 0 Å². The molecule has 12 heavy (non-hydrogen) atoms. The highest BCUT2D eigenvalue weighted by molar-refractivity contribution is 8.67. The number of rotatable bonds is 4. The maximum absolute atomic E-state index is 4.33. The van der Waals surface area contributed by atoms with Crippen molar-refractivity contribution in [1.29, 1.82) is 0 Å². The fourth-order valence-corrected chi connectivity index (χ4v) is 3.38. The first-order chi connectivity index (χ1) is 5.79. The van der Waals surface area contributed by atoms with Crippen molar-refractivity contribution < 1.29 is 0 Å². The molecule has 1 unspecified atom stereocenters. The molecule has 0 bridgehead atoms. The van der Waals surface area contributed by atoms with Crippen molar-refractivity contribution >= 4 is 22.6 Å². The van der Waals surface area contributed by atoms with Crippen LogP contribution in [-0.4, -0.2) is 16.4 Å². The quantitative estimate of drug-likeness (QED) is 0.425. The van der Waals surface area contributed by atoms with Gasteiger partial charge in [-0.25, -0.2) is 4.31 Å². The molecule has 0 saturated heterocycles. The van der Waals surface area contributed by atoms with E-state index in [1.54, 1.807) is 11.0 Å². The average molecular weight is 205 g/mol. The monoisotopic (exact) mass is 205 g/mol. The van der Waals surface area contributed by atoms with Crippen LogP contribution in [0.1, 0.15) is 46.0 Å². The van der Waals surface area contributed by atoms with Gasteiger partial charge in [-0.15, -0.1) is 0 Å². The molecule has 0 aliphatic heterocycles. The largest absolute Gasteiger partial charge is 0.236 e. The predicted molar refractivity (Wildman–Crippen MR) is 60.4 cm³/mol. The molecule has 0 aromatic heterocycles. The van der Waals surface area contributed by atoms with Gasteiger partial charge in [0.25, 0.3) is 0 Å². The maximum Gasteiger partial charge on any atom is 0.0213 e. The molecule has 3 heteroatoms. The van der Waals surface area contributed by atoms with Gasteiger partial charge in [0.1, 0.15) is 0 Å². The van der Waals surface area contributed by atoms with E-state index in [4.69, 9.17) is 0 Å². The molecular weight excluding hydrogens is 186 g/mol. The molecule has 0 radical (unpaired) electrons. The zero-order valence-corrected chi connectivity index (χ0v) is 9.70. The minimum atomic E-state index is 0.676. The van der Waals surface area contributed by atoms with E-state index in [1.165, 1.54) is 32.1 Å². The lowest BCUT2D eigenvalue weighted by Gasteiger charge is -2.30. The molecule has 0 N–H and O–H groups in total. The Morgan fingerprint density at radius 1 is 1.50 bits per heavy atom. The minimum absolute atomic E-state index is 0.676. The van der Waals surface area contributed by atoms with Crippen molar-refractivity contribution in [3.8, 4) is 0 Å². The van der Waals surface area contributed by atoms with E-state index >= 15 is 0 Å². The molecule has 0 aromatic rings. The van der Waals surface area contributed by atoms with Crippen LogP contribution in [0.15, 0.2) is 0 Å². The third-order valence-electron chi connectivity index (χ3n) is 2.80. The smallest absolute Gasteiger partial charge is 0.0213 e. The molecule has 1 atom stereocenters. The molecule has 1 fully saturated rings. The Balaban J connectivity index is 2.42. The van der Waals surface area contributed by atoms with Crippen molar-refractivity contribution in [2.24, 2.45) is 0 Å². The van der Waals surface area contributed by atoms with E-state index in [2.05, 4.69) is 29.8 Å². The lowest BCUT2D eigenvalue weighted by molar-refractivity contribution is 0.286. The van der Waals surface area contributed by atoms with E-state index in [9.17, 15) is 0 Å². The van der Waals surface area contributed by atoms with Gasteiger partial charge in [-0.05, 0) is 37.2 Å². The second-order valence-corrected chi connectivity index (χ2v) is 4.71. The van der Waals surface area contributed by atoms with Crippen LogP contribution in [-0.2, 0) is 0 Å². The molecule has 1 nitrogen and oxygen atoms in total. The third kappa shape index (κ3) is 2.57. The highest BCUT2D eigenvalue weighted by atomic mass is 33.1. The Morgan fingerprint density at radius 3 is 2.50 bits per heavy atom. The molecule has 0 heterocycles. The van der Waals surface area contributed by atoms with Gasteiger partial charge in [0.05, 0.1) is 0 Å². The maximum atomic E-state index is 4.33. The van der Waals surface area contributed by atoms with E-state index in [0.29, 0.717) is 6.04 Å². The first-order valence-electron chi connectivity index (χ1n) is 4.89. The van der Waals surface area contributed by atoms with Crippen molar-refractivity contribution in [2.45, 2.75) is 58.0 Å².